The zero-order chi connectivity index (χ0) is 35.8. The maximum absolute atomic E-state index is 6.90. The summed E-state index contributed by atoms with van der Waals surface area (Å²) < 4.78 is 6.90. The molecule has 0 spiro atoms. The van der Waals surface area contributed by atoms with Crippen LogP contribution in [-0.4, -0.2) is 0 Å². The van der Waals surface area contributed by atoms with Crippen LogP contribution in [0.4, 0.5) is 17.1 Å². The Bertz CT molecular complexity index is 2910. The number of para-hydroxylation sites is 2. The SMILES string of the molecule is c1ccc(-c2ccc(-c3cccc4oc5c(N(c6ccc(-c7ccc8ccccc8c7)cc6)c6ccccc6-c6ccccc6)cccc5c34)cc2)cc1. The van der Waals surface area contributed by atoms with Crippen molar-refractivity contribution in [3.63, 3.8) is 0 Å². The molecule has 0 aliphatic heterocycles. The van der Waals surface area contributed by atoms with Gasteiger partial charge in [0.1, 0.15) is 5.58 Å². The standard InChI is InChI=1S/C52H35NO/c1-3-13-36(14-4-1)38-25-28-41(29-26-38)46-20-12-24-50-51(46)47-21-11-23-49(52(47)54-50)53(48-22-10-9-19-45(48)40-16-5-2-6-17-40)44-33-31-39(32-34-44)43-30-27-37-15-7-8-18-42(37)35-43/h1-35H. The van der Waals surface area contributed by atoms with Crippen molar-refractivity contribution in [2.24, 2.45) is 0 Å². The highest BCUT2D eigenvalue weighted by Gasteiger charge is 2.23. The number of rotatable bonds is 7. The van der Waals surface area contributed by atoms with E-state index in [1.807, 2.05) is 0 Å². The van der Waals surface area contributed by atoms with Gasteiger partial charge in [-0.15, -0.1) is 0 Å². The molecule has 2 nitrogen and oxygen atoms in total. The van der Waals surface area contributed by atoms with Gasteiger partial charge < -0.3 is 9.32 Å². The first kappa shape index (κ1) is 31.6. The van der Waals surface area contributed by atoms with Crippen LogP contribution in [0.1, 0.15) is 0 Å². The quantitative estimate of drug-likeness (QED) is 0.166. The number of nitrogens with zero attached hydrogens (tertiary/aromatic N) is 1. The maximum atomic E-state index is 6.90. The molecule has 10 aromatic rings. The molecule has 0 saturated carbocycles. The summed E-state index contributed by atoms with van der Waals surface area (Å²) in [5.74, 6) is 0. The summed E-state index contributed by atoms with van der Waals surface area (Å²) in [6.07, 6.45) is 0. The minimum atomic E-state index is 0.849. The largest absolute Gasteiger partial charge is 0.454 e. The second-order valence-corrected chi connectivity index (χ2v) is 13.7. The number of fused-ring (bicyclic) bond motifs is 4. The molecule has 254 valence electrons. The van der Waals surface area contributed by atoms with E-state index < -0.39 is 0 Å². The lowest BCUT2D eigenvalue weighted by Gasteiger charge is -2.28. The number of furan rings is 1. The first-order chi connectivity index (χ1) is 26.8. The lowest BCUT2D eigenvalue weighted by Crippen LogP contribution is -2.11. The van der Waals surface area contributed by atoms with Crippen LogP contribution in [0.2, 0.25) is 0 Å². The zero-order valence-electron chi connectivity index (χ0n) is 29.6. The molecular formula is C52H35NO. The third-order valence-corrected chi connectivity index (χ3v) is 10.5. The highest BCUT2D eigenvalue weighted by atomic mass is 16.3. The van der Waals surface area contributed by atoms with E-state index in [1.165, 1.54) is 33.0 Å². The molecule has 0 unspecified atom stereocenters. The van der Waals surface area contributed by atoms with Crippen LogP contribution >= 0.6 is 0 Å². The fourth-order valence-corrected chi connectivity index (χ4v) is 7.83. The molecule has 1 heterocycles. The number of benzene rings is 9. The summed E-state index contributed by atoms with van der Waals surface area (Å²) in [7, 11) is 0. The van der Waals surface area contributed by atoms with Crippen molar-refractivity contribution in [3.05, 3.63) is 212 Å². The van der Waals surface area contributed by atoms with Gasteiger partial charge >= 0.3 is 0 Å². The summed E-state index contributed by atoms with van der Waals surface area (Å²) in [5, 5.41) is 4.68. The minimum absolute atomic E-state index is 0.849. The Hall–Kier alpha value is -7.16. The molecule has 0 amide bonds. The average molecular weight is 690 g/mol. The first-order valence-corrected chi connectivity index (χ1v) is 18.4. The smallest absolute Gasteiger partial charge is 0.159 e. The Labute approximate surface area is 314 Å². The van der Waals surface area contributed by atoms with Crippen LogP contribution in [0.3, 0.4) is 0 Å². The lowest BCUT2D eigenvalue weighted by molar-refractivity contribution is 0.669. The van der Waals surface area contributed by atoms with E-state index in [9.17, 15) is 0 Å². The predicted molar refractivity (Wildman–Crippen MR) is 228 cm³/mol. The van der Waals surface area contributed by atoms with Gasteiger partial charge in [0.2, 0.25) is 0 Å². The van der Waals surface area contributed by atoms with E-state index in [-0.39, 0.29) is 0 Å². The third-order valence-electron chi connectivity index (χ3n) is 10.5. The van der Waals surface area contributed by atoms with Crippen molar-refractivity contribution in [2.75, 3.05) is 4.90 Å². The number of anilines is 3. The topological polar surface area (TPSA) is 16.4 Å². The highest BCUT2D eigenvalue weighted by molar-refractivity contribution is 6.16. The summed E-state index contributed by atoms with van der Waals surface area (Å²) >= 11 is 0. The van der Waals surface area contributed by atoms with Crippen LogP contribution in [0.15, 0.2) is 217 Å². The molecule has 9 aromatic carbocycles. The Kier molecular flexibility index (Phi) is 7.85. The molecule has 0 saturated heterocycles. The van der Waals surface area contributed by atoms with Crippen LogP contribution in [-0.2, 0) is 0 Å². The third kappa shape index (κ3) is 5.62. The molecular weight excluding hydrogens is 655 g/mol. The predicted octanol–water partition coefficient (Wildman–Crippen LogP) is 14.9. The van der Waals surface area contributed by atoms with Crippen molar-refractivity contribution in [1.29, 1.82) is 0 Å². The summed E-state index contributed by atoms with van der Waals surface area (Å²) in [5.41, 5.74) is 14.2. The van der Waals surface area contributed by atoms with E-state index in [4.69, 9.17) is 4.42 Å². The van der Waals surface area contributed by atoms with Crippen LogP contribution in [0.5, 0.6) is 0 Å². The van der Waals surface area contributed by atoms with Crippen LogP contribution < -0.4 is 4.90 Å². The lowest BCUT2D eigenvalue weighted by atomic mass is 9.96. The normalized spacial score (nSPS) is 11.3. The summed E-state index contributed by atoms with van der Waals surface area (Å²) in [4.78, 5) is 2.35. The minimum Gasteiger partial charge on any atom is -0.454 e. The van der Waals surface area contributed by atoms with Gasteiger partial charge in [-0.2, -0.15) is 0 Å². The van der Waals surface area contributed by atoms with E-state index in [2.05, 4.69) is 217 Å². The molecule has 0 radical (unpaired) electrons. The number of hydrogen-bond donors (Lipinski definition) is 0. The molecule has 10 rings (SSSR count). The van der Waals surface area contributed by atoms with Crippen molar-refractivity contribution >= 4 is 49.8 Å². The summed E-state index contributed by atoms with van der Waals surface area (Å²) in [6, 6.07) is 75.7. The molecule has 0 N–H and O–H groups in total. The molecule has 54 heavy (non-hydrogen) atoms. The van der Waals surface area contributed by atoms with E-state index in [0.717, 1.165) is 61.3 Å². The molecule has 0 bridgehead atoms. The van der Waals surface area contributed by atoms with Gasteiger partial charge in [-0.05, 0) is 86.1 Å². The molecule has 2 heteroatoms. The monoisotopic (exact) mass is 689 g/mol. The second-order valence-electron chi connectivity index (χ2n) is 13.7. The van der Waals surface area contributed by atoms with Gasteiger partial charge in [-0.1, -0.05) is 176 Å². The maximum Gasteiger partial charge on any atom is 0.159 e. The van der Waals surface area contributed by atoms with Gasteiger partial charge in [0, 0.05) is 22.0 Å². The fraction of sp³-hybridized carbons (Fsp3) is 0. The van der Waals surface area contributed by atoms with Gasteiger partial charge in [0.15, 0.2) is 5.58 Å². The first-order valence-electron chi connectivity index (χ1n) is 18.4. The van der Waals surface area contributed by atoms with Gasteiger partial charge in [0.25, 0.3) is 0 Å². The summed E-state index contributed by atoms with van der Waals surface area (Å²) in [6.45, 7) is 0. The van der Waals surface area contributed by atoms with Gasteiger partial charge in [0.05, 0.1) is 11.4 Å². The van der Waals surface area contributed by atoms with Crippen molar-refractivity contribution < 1.29 is 4.42 Å². The Morgan fingerprint density at radius 2 is 0.870 bits per heavy atom. The molecule has 0 atom stereocenters. The Balaban J connectivity index is 1.14. The van der Waals surface area contributed by atoms with Gasteiger partial charge in [-0.25, -0.2) is 0 Å². The van der Waals surface area contributed by atoms with Crippen molar-refractivity contribution in [3.8, 4) is 44.5 Å². The fourth-order valence-electron chi connectivity index (χ4n) is 7.83. The van der Waals surface area contributed by atoms with E-state index in [0.29, 0.717) is 0 Å². The highest BCUT2D eigenvalue weighted by Crippen LogP contribution is 2.47. The van der Waals surface area contributed by atoms with E-state index >= 15 is 0 Å². The van der Waals surface area contributed by atoms with Gasteiger partial charge in [-0.3, -0.25) is 0 Å². The van der Waals surface area contributed by atoms with Crippen LogP contribution in [0.25, 0.3) is 77.2 Å². The van der Waals surface area contributed by atoms with Crippen molar-refractivity contribution in [2.45, 2.75) is 0 Å². The molecule has 0 aliphatic rings. The average Bonchev–Trinajstić information content (AvgIpc) is 3.65. The van der Waals surface area contributed by atoms with Crippen molar-refractivity contribution in [1.82, 2.24) is 0 Å². The van der Waals surface area contributed by atoms with E-state index in [1.54, 1.807) is 0 Å². The second kappa shape index (κ2) is 13.4. The number of hydrogen-bond acceptors (Lipinski definition) is 2. The Morgan fingerprint density at radius 1 is 0.333 bits per heavy atom. The molecule has 0 aliphatic carbocycles. The van der Waals surface area contributed by atoms with Crippen LogP contribution in [0, 0.1) is 0 Å². The molecule has 1 aromatic heterocycles. The molecule has 0 fully saturated rings. The zero-order valence-corrected chi connectivity index (χ0v) is 29.6. The Morgan fingerprint density at radius 3 is 1.67 bits per heavy atom.